The smallest absolute Gasteiger partial charge is 0.106 e. The van der Waals surface area contributed by atoms with Crippen LogP contribution >= 0.6 is 15.9 Å². The summed E-state index contributed by atoms with van der Waals surface area (Å²) in [7, 11) is 0. The molecule has 1 atom stereocenters. The number of hydrogen-bond acceptors (Lipinski definition) is 3. The van der Waals surface area contributed by atoms with Crippen LogP contribution in [0.3, 0.4) is 0 Å². The molecule has 1 aromatic heterocycles. The van der Waals surface area contributed by atoms with E-state index in [1.165, 1.54) is 5.56 Å². The van der Waals surface area contributed by atoms with Crippen LogP contribution < -0.4 is 0 Å². The first-order valence-electron chi connectivity index (χ1n) is 6.20. The van der Waals surface area contributed by atoms with Crippen molar-refractivity contribution < 1.29 is 4.74 Å². The topological polar surface area (TPSA) is 25.4 Å². The van der Waals surface area contributed by atoms with E-state index in [0.717, 1.165) is 30.9 Å². The first kappa shape index (κ1) is 14.6. The van der Waals surface area contributed by atoms with Gasteiger partial charge in [0.25, 0.3) is 0 Å². The average molecular weight is 301 g/mol. The number of pyridine rings is 1. The molecule has 0 bridgehead atoms. The minimum atomic E-state index is 0.425. The molecule has 0 N–H and O–H groups in total. The molecule has 1 fully saturated rings. The Morgan fingerprint density at radius 3 is 2.47 bits per heavy atom. The van der Waals surface area contributed by atoms with Crippen LogP contribution in [0.25, 0.3) is 0 Å². The quantitative estimate of drug-likeness (QED) is 0.784. The fourth-order valence-corrected chi connectivity index (χ4v) is 2.04. The van der Waals surface area contributed by atoms with Gasteiger partial charge >= 0.3 is 0 Å². The van der Waals surface area contributed by atoms with Crippen molar-refractivity contribution in [2.75, 3.05) is 26.3 Å². The van der Waals surface area contributed by atoms with Crippen molar-refractivity contribution in [2.45, 2.75) is 26.8 Å². The lowest BCUT2D eigenvalue weighted by molar-refractivity contribution is 0.0198. The average Bonchev–Trinajstić information content (AvgIpc) is 2.42. The molecule has 0 radical (unpaired) electrons. The second kappa shape index (κ2) is 7.80. The van der Waals surface area contributed by atoms with E-state index in [1.54, 1.807) is 0 Å². The number of aromatic nitrogens is 1. The lowest BCUT2D eigenvalue weighted by Crippen LogP contribution is -2.38. The first-order valence-corrected chi connectivity index (χ1v) is 7.00. The molecule has 2 rings (SSSR count). The van der Waals surface area contributed by atoms with Crippen molar-refractivity contribution >= 4 is 15.9 Å². The van der Waals surface area contributed by atoms with Gasteiger partial charge in [-0.1, -0.05) is 19.9 Å². The van der Waals surface area contributed by atoms with Crippen LogP contribution in [0, 0.1) is 0 Å². The highest BCUT2D eigenvalue weighted by atomic mass is 79.9. The second-order valence-electron chi connectivity index (χ2n) is 3.74. The molecule has 0 spiro atoms. The van der Waals surface area contributed by atoms with E-state index in [-0.39, 0.29) is 0 Å². The molecule has 96 valence electrons. The Labute approximate surface area is 112 Å². The molecule has 1 aliphatic rings. The zero-order valence-corrected chi connectivity index (χ0v) is 12.4. The third kappa shape index (κ3) is 4.37. The van der Waals surface area contributed by atoms with E-state index in [4.69, 9.17) is 4.74 Å². The van der Waals surface area contributed by atoms with Crippen LogP contribution in [0.2, 0.25) is 0 Å². The van der Waals surface area contributed by atoms with Crippen LogP contribution in [0.1, 0.15) is 32.4 Å². The monoisotopic (exact) mass is 300 g/mol. The van der Waals surface area contributed by atoms with Gasteiger partial charge in [-0.3, -0.25) is 4.90 Å². The van der Waals surface area contributed by atoms with Gasteiger partial charge in [0.1, 0.15) is 4.60 Å². The maximum Gasteiger partial charge on any atom is 0.106 e. The van der Waals surface area contributed by atoms with Gasteiger partial charge in [-0.25, -0.2) is 4.98 Å². The van der Waals surface area contributed by atoms with Crippen molar-refractivity contribution in [3.05, 3.63) is 28.5 Å². The maximum absolute atomic E-state index is 5.34. The summed E-state index contributed by atoms with van der Waals surface area (Å²) in [6.45, 7) is 9.92. The lowest BCUT2D eigenvalue weighted by atomic mass is 10.1. The number of ether oxygens (including phenoxy) is 1. The Bertz CT molecular complexity index is 310. The Morgan fingerprint density at radius 1 is 1.29 bits per heavy atom. The van der Waals surface area contributed by atoms with Gasteiger partial charge in [0.2, 0.25) is 0 Å². The molecule has 0 saturated carbocycles. The van der Waals surface area contributed by atoms with E-state index < -0.39 is 0 Å². The standard InChI is InChI=1S/C11H15BrN2O.C2H6/c1-9(14-4-6-15-7-5-14)10-2-3-11(12)13-8-10;1-2/h2-3,8-9H,4-7H2,1H3;1-2H3. The molecule has 0 amide bonds. The van der Waals surface area contributed by atoms with Gasteiger partial charge in [-0.05, 0) is 34.5 Å². The molecule has 0 aliphatic carbocycles. The summed E-state index contributed by atoms with van der Waals surface area (Å²) in [5.41, 5.74) is 1.26. The summed E-state index contributed by atoms with van der Waals surface area (Å²) >= 11 is 3.35. The van der Waals surface area contributed by atoms with Crippen molar-refractivity contribution in [1.29, 1.82) is 0 Å². The summed E-state index contributed by atoms with van der Waals surface area (Å²) in [6.07, 6.45) is 1.93. The Balaban J connectivity index is 0.000000686. The Morgan fingerprint density at radius 2 is 1.94 bits per heavy atom. The normalized spacial score (nSPS) is 18.1. The predicted molar refractivity (Wildman–Crippen MR) is 74.1 cm³/mol. The number of nitrogens with zero attached hydrogens (tertiary/aromatic N) is 2. The van der Waals surface area contributed by atoms with Crippen LogP contribution in [0.5, 0.6) is 0 Å². The zero-order valence-electron chi connectivity index (χ0n) is 10.8. The molecule has 1 aromatic rings. The fraction of sp³-hybridized carbons (Fsp3) is 0.615. The summed E-state index contributed by atoms with van der Waals surface area (Å²) < 4.78 is 6.23. The second-order valence-corrected chi connectivity index (χ2v) is 4.55. The van der Waals surface area contributed by atoms with Gasteiger partial charge in [0.05, 0.1) is 13.2 Å². The molecule has 1 aliphatic heterocycles. The van der Waals surface area contributed by atoms with E-state index >= 15 is 0 Å². The molecule has 17 heavy (non-hydrogen) atoms. The zero-order chi connectivity index (χ0) is 12.7. The van der Waals surface area contributed by atoms with Crippen molar-refractivity contribution in [3.63, 3.8) is 0 Å². The molecule has 3 nitrogen and oxygen atoms in total. The largest absolute Gasteiger partial charge is 0.379 e. The molecule has 4 heteroatoms. The van der Waals surface area contributed by atoms with E-state index in [9.17, 15) is 0 Å². The van der Waals surface area contributed by atoms with Gasteiger partial charge < -0.3 is 4.74 Å². The highest BCUT2D eigenvalue weighted by Crippen LogP contribution is 2.21. The van der Waals surface area contributed by atoms with Crippen LogP contribution in [0.4, 0.5) is 0 Å². The summed E-state index contributed by atoms with van der Waals surface area (Å²) in [5.74, 6) is 0. The molecule has 0 aromatic carbocycles. The van der Waals surface area contributed by atoms with Gasteiger partial charge in [-0.2, -0.15) is 0 Å². The van der Waals surface area contributed by atoms with E-state index in [1.807, 2.05) is 26.1 Å². The third-order valence-electron chi connectivity index (χ3n) is 2.83. The molecule has 1 saturated heterocycles. The first-order chi connectivity index (χ1) is 8.27. The molecular formula is C13H21BrN2O. The fourth-order valence-electron chi connectivity index (χ4n) is 1.81. The van der Waals surface area contributed by atoms with Crippen molar-refractivity contribution in [1.82, 2.24) is 9.88 Å². The summed E-state index contributed by atoms with van der Waals surface area (Å²) in [5, 5.41) is 0. The number of hydrogen-bond donors (Lipinski definition) is 0. The minimum Gasteiger partial charge on any atom is -0.379 e. The van der Waals surface area contributed by atoms with Gasteiger partial charge in [-0.15, -0.1) is 0 Å². The third-order valence-corrected chi connectivity index (χ3v) is 3.30. The number of halogens is 1. The highest BCUT2D eigenvalue weighted by molar-refractivity contribution is 9.10. The van der Waals surface area contributed by atoms with Gasteiger partial charge in [0, 0.05) is 25.3 Å². The summed E-state index contributed by atoms with van der Waals surface area (Å²) in [4.78, 5) is 6.68. The van der Waals surface area contributed by atoms with Crippen molar-refractivity contribution in [3.8, 4) is 0 Å². The predicted octanol–water partition coefficient (Wildman–Crippen LogP) is 3.26. The highest BCUT2D eigenvalue weighted by Gasteiger charge is 2.18. The minimum absolute atomic E-state index is 0.425. The van der Waals surface area contributed by atoms with Crippen LogP contribution in [-0.2, 0) is 4.74 Å². The van der Waals surface area contributed by atoms with Gasteiger partial charge in [0.15, 0.2) is 0 Å². The van der Waals surface area contributed by atoms with E-state index in [0.29, 0.717) is 6.04 Å². The Kier molecular flexibility index (Phi) is 6.70. The van der Waals surface area contributed by atoms with E-state index in [2.05, 4.69) is 38.8 Å². The SMILES string of the molecule is CC.CC(c1ccc(Br)nc1)N1CCOCC1. The number of morpholine rings is 1. The lowest BCUT2D eigenvalue weighted by Gasteiger charge is -2.32. The van der Waals surface area contributed by atoms with Crippen molar-refractivity contribution in [2.24, 2.45) is 0 Å². The maximum atomic E-state index is 5.34. The Hall–Kier alpha value is -0.450. The number of rotatable bonds is 2. The van der Waals surface area contributed by atoms with Crippen LogP contribution in [0.15, 0.2) is 22.9 Å². The molecular weight excluding hydrogens is 280 g/mol. The van der Waals surface area contributed by atoms with Crippen LogP contribution in [-0.4, -0.2) is 36.2 Å². The molecule has 1 unspecified atom stereocenters. The molecule has 2 heterocycles. The summed E-state index contributed by atoms with van der Waals surface area (Å²) in [6, 6.07) is 4.54.